The van der Waals surface area contributed by atoms with Gasteiger partial charge in [0, 0.05) is 11.6 Å². The Morgan fingerprint density at radius 1 is 1.09 bits per heavy atom. The van der Waals surface area contributed by atoms with Gasteiger partial charge in [-0.25, -0.2) is 0 Å². The molecular formula is C26H25ClO6. The third-order valence-electron chi connectivity index (χ3n) is 6.33. The van der Waals surface area contributed by atoms with Gasteiger partial charge in [0.15, 0.2) is 11.0 Å². The van der Waals surface area contributed by atoms with Crippen LogP contribution in [0.2, 0.25) is 5.02 Å². The zero-order valence-corrected chi connectivity index (χ0v) is 19.1. The number of methoxy groups -OCH3 is 1. The molecule has 33 heavy (non-hydrogen) atoms. The van der Waals surface area contributed by atoms with Crippen LogP contribution >= 0.6 is 11.6 Å². The van der Waals surface area contributed by atoms with Crippen LogP contribution in [0.5, 0.6) is 5.75 Å². The molecule has 0 N–H and O–H groups in total. The molecule has 6 nitrogen and oxygen atoms in total. The van der Waals surface area contributed by atoms with Gasteiger partial charge in [-0.15, -0.1) is 0 Å². The molecule has 172 valence electrons. The average molecular weight is 469 g/mol. The molecule has 0 unspecified atom stereocenters. The first-order valence-electron chi connectivity index (χ1n) is 11.2. The minimum Gasteiger partial charge on any atom is -0.491 e. The summed E-state index contributed by atoms with van der Waals surface area (Å²) in [4.78, 5) is 24.1. The van der Waals surface area contributed by atoms with Crippen LogP contribution in [0, 0.1) is 5.92 Å². The van der Waals surface area contributed by atoms with Gasteiger partial charge < -0.3 is 18.6 Å². The van der Waals surface area contributed by atoms with E-state index in [0.29, 0.717) is 59.5 Å². The molecule has 1 heterocycles. The molecule has 0 amide bonds. The normalized spacial score (nSPS) is 19.8. The Bertz CT molecular complexity index is 1220. The van der Waals surface area contributed by atoms with Gasteiger partial charge in [-0.2, -0.15) is 0 Å². The first-order chi connectivity index (χ1) is 16.0. The fourth-order valence-electron chi connectivity index (χ4n) is 4.18. The Balaban J connectivity index is 1.19. The van der Waals surface area contributed by atoms with E-state index in [-0.39, 0.29) is 23.4 Å². The molecule has 2 aliphatic carbocycles. The van der Waals surface area contributed by atoms with Gasteiger partial charge in [0.2, 0.25) is 0 Å². The van der Waals surface area contributed by atoms with E-state index in [1.54, 1.807) is 0 Å². The number of fused-ring (bicyclic) bond motifs is 1. The van der Waals surface area contributed by atoms with E-state index in [9.17, 15) is 9.59 Å². The third-order valence-corrected chi connectivity index (χ3v) is 6.61. The minimum atomic E-state index is -0.168. The number of carbonyl (C=O) groups excluding carboxylic acids is 1. The van der Waals surface area contributed by atoms with Crippen LogP contribution < -0.4 is 10.2 Å². The fourth-order valence-corrected chi connectivity index (χ4v) is 4.45. The Morgan fingerprint density at radius 2 is 1.85 bits per heavy atom. The lowest BCUT2D eigenvalue weighted by Gasteiger charge is -2.32. The number of ether oxygens (including phenoxy) is 3. The van der Waals surface area contributed by atoms with Crippen LogP contribution in [-0.2, 0) is 14.3 Å². The smallest absolute Gasteiger partial charge is 0.308 e. The van der Waals surface area contributed by atoms with Gasteiger partial charge in [0.05, 0.1) is 36.1 Å². The number of benzene rings is 2. The number of halogens is 1. The second-order valence-corrected chi connectivity index (χ2v) is 9.09. The predicted octanol–water partition coefficient (Wildman–Crippen LogP) is 5.34. The van der Waals surface area contributed by atoms with Crippen LogP contribution in [0.1, 0.15) is 37.2 Å². The highest BCUT2D eigenvalue weighted by atomic mass is 35.5. The summed E-state index contributed by atoms with van der Waals surface area (Å²) in [5.41, 5.74) is 2.20. The average Bonchev–Trinajstić information content (AvgIpc) is 3.63. The van der Waals surface area contributed by atoms with Crippen molar-refractivity contribution in [3.05, 3.63) is 63.3 Å². The topological polar surface area (TPSA) is 75.0 Å². The summed E-state index contributed by atoms with van der Waals surface area (Å²) >= 11 is 6.44. The molecule has 5 rings (SSSR count). The molecule has 0 saturated heterocycles. The molecule has 2 aliphatic rings. The Labute approximate surface area is 196 Å². The minimum absolute atomic E-state index is 0.0428. The van der Waals surface area contributed by atoms with Crippen molar-refractivity contribution in [1.82, 2.24) is 0 Å². The molecule has 0 bridgehead atoms. The highest BCUT2D eigenvalue weighted by Crippen LogP contribution is 2.42. The van der Waals surface area contributed by atoms with Crippen molar-refractivity contribution in [1.29, 1.82) is 0 Å². The lowest BCUT2D eigenvalue weighted by atomic mass is 9.82. The molecule has 2 aromatic carbocycles. The van der Waals surface area contributed by atoms with Crippen LogP contribution in [-0.4, -0.2) is 32.4 Å². The van der Waals surface area contributed by atoms with Crippen LogP contribution in [0.25, 0.3) is 22.3 Å². The van der Waals surface area contributed by atoms with Crippen LogP contribution in [0.3, 0.4) is 0 Å². The Morgan fingerprint density at radius 3 is 2.55 bits per heavy atom. The first-order valence-corrected chi connectivity index (χ1v) is 11.6. The van der Waals surface area contributed by atoms with E-state index < -0.39 is 0 Å². The second kappa shape index (κ2) is 9.20. The second-order valence-electron chi connectivity index (χ2n) is 8.69. The van der Waals surface area contributed by atoms with E-state index in [1.807, 2.05) is 36.4 Å². The lowest BCUT2D eigenvalue weighted by molar-refractivity contribution is -0.155. The maximum atomic E-state index is 12.7. The molecule has 1 aromatic heterocycles. The van der Waals surface area contributed by atoms with Gasteiger partial charge >= 0.3 is 5.97 Å². The summed E-state index contributed by atoms with van der Waals surface area (Å²) in [6.07, 6.45) is 3.77. The zero-order valence-electron chi connectivity index (χ0n) is 18.3. The standard InChI is InChI=1S/C26H25ClO6/c1-30-26(29)18-10-20(11-18)32-9-8-31-19-6-4-16(5-7-19)24-14-23(28)21-12-17(15-2-3-15)13-22(27)25(21)33-24/h4-7,12-15,18,20H,2-3,8-11H2,1H3. The number of carbonyl (C=O) groups is 1. The summed E-state index contributed by atoms with van der Waals surface area (Å²) in [5.74, 6) is 1.46. The predicted molar refractivity (Wildman–Crippen MR) is 125 cm³/mol. The molecule has 0 aliphatic heterocycles. The highest BCUT2D eigenvalue weighted by Gasteiger charge is 2.35. The van der Waals surface area contributed by atoms with Crippen LogP contribution in [0.4, 0.5) is 0 Å². The third kappa shape index (κ3) is 4.77. The quantitative estimate of drug-likeness (QED) is 0.328. The summed E-state index contributed by atoms with van der Waals surface area (Å²) in [6.45, 7) is 0.851. The van der Waals surface area contributed by atoms with Crippen molar-refractivity contribution >= 4 is 28.5 Å². The highest BCUT2D eigenvalue weighted by molar-refractivity contribution is 6.34. The van der Waals surface area contributed by atoms with Crippen molar-refractivity contribution in [2.75, 3.05) is 20.3 Å². The number of rotatable bonds is 8. The van der Waals surface area contributed by atoms with Crippen molar-refractivity contribution in [3.63, 3.8) is 0 Å². The molecule has 0 radical (unpaired) electrons. The summed E-state index contributed by atoms with van der Waals surface area (Å²) in [6, 6.07) is 12.7. The summed E-state index contributed by atoms with van der Waals surface area (Å²) in [5, 5.41) is 0.996. The fraction of sp³-hybridized carbons (Fsp3) is 0.385. The molecule has 2 fully saturated rings. The van der Waals surface area contributed by atoms with Crippen molar-refractivity contribution < 1.29 is 23.4 Å². The monoisotopic (exact) mass is 468 g/mol. The van der Waals surface area contributed by atoms with E-state index >= 15 is 0 Å². The maximum Gasteiger partial charge on any atom is 0.308 e. The van der Waals surface area contributed by atoms with Crippen LogP contribution in [0.15, 0.2) is 51.7 Å². The Kier molecular flexibility index (Phi) is 6.13. The SMILES string of the molecule is COC(=O)C1CC(OCCOc2ccc(-c3cc(=O)c4cc(C5CC5)cc(Cl)c4o3)cc2)C1. The molecule has 2 saturated carbocycles. The first kappa shape index (κ1) is 22.0. The summed E-state index contributed by atoms with van der Waals surface area (Å²) < 4.78 is 22.2. The molecule has 0 atom stereocenters. The van der Waals surface area contributed by atoms with Crippen molar-refractivity contribution in [3.8, 4) is 17.1 Å². The van der Waals surface area contributed by atoms with E-state index in [0.717, 1.165) is 24.0 Å². The van der Waals surface area contributed by atoms with Crippen molar-refractivity contribution in [2.24, 2.45) is 5.92 Å². The van der Waals surface area contributed by atoms with Gasteiger partial charge in [0.25, 0.3) is 0 Å². The number of hydrogen-bond donors (Lipinski definition) is 0. The van der Waals surface area contributed by atoms with E-state index in [1.165, 1.54) is 13.2 Å². The maximum absolute atomic E-state index is 12.7. The Hall–Kier alpha value is -2.83. The van der Waals surface area contributed by atoms with Gasteiger partial charge in [-0.1, -0.05) is 11.6 Å². The molecule has 7 heteroatoms. The van der Waals surface area contributed by atoms with Gasteiger partial charge in [0.1, 0.15) is 18.1 Å². The number of esters is 1. The van der Waals surface area contributed by atoms with E-state index in [4.69, 9.17) is 30.2 Å². The van der Waals surface area contributed by atoms with Crippen molar-refractivity contribution in [2.45, 2.75) is 37.7 Å². The molecule has 3 aromatic rings. The van der Waals surface area contributed by atoms with E-state index in [2.05, 4.69) is 0 Å². The van der Waals surface area contributed by atoms with Gasteiger partial charge in [-0.3, -0.25) is 9.59 Å². The van der Waals surface area contributed by atoms with Gasteiger partial charge in [-0.05, 0) is 73.6 Å². The number of hydrogen-bond acceptors (Lipinski definition) is 6. The lowest BCUT2D eigenvalue weighted by Crippen LogP contribution is -2.37. The molecule has 0 spiro atoms. The summed E-state index contributed by atoms with van der Waals surface area (Å²) in [7, 11) is 1.41. The zero-order chi connectivity index (χ0) is 22.9. The molecular weight excluding hydrogens is 444 g/mol. The largest absolute Gasteiger partial charge is 0.491 e.